The Morgan fingerprint density at radius 3 is 2.54 bits per heavy atom. The van der Waals surface area contributed by atoms with Gasteiger partial charge in [0.15, 0.2) is 14.3 Å². The Kier molecular flexibility index (Phi) is 8.38. The number of amides is 1. The molecule has 2 radical (unpaired) electrons. The third-order valence-corrected chi connectivity index (χ3v) is 6.54. The number of unbranched alkanes of at least 4 members (excludes halogenated alkanes) is 1. The van der Waals surface area contributed by atoms with Gasteiger partial charge in [0.1, 0.15) is 5.75 Å². The van der Waals surface area contributed by atoms with E-state index in [1.807, 2.05) is 59.4 Å². The highest BCUT2D eigenvalue weighted by Crippen LogP contribution is 2.32. The van der Waals surface area contributed by atoms with Crippen molar-refractivity contribution < 1.29 is 14.3 Å². The molecule has 0 spiro atoms. The summed E-state index contributed by atoms with van der Waals surface area (Å²) in [7, 11) is 5.93. The van der Waals surface area contributed by atoms with E-state index < -0.39 is 0 Å². The fraction of sp³-hybridized carbons (Fsp3) is 0.310. The lowest BCUT2D eigenvalue weighted by Gasteiger charge is -2.30. The van der Waals surface area contributed by atoms with Gasteiger partial charge in [-0.05, 0) is 79.2 Å². The second-order valence-corrected chi connectivity index (χ2v) is 9.01. The molecule has 0 unspecified atom stereocenters. The number of aldehydes is 1. The lowest BCUT2D eigenvalue weighted by Crippen LogP contribution is -2.30. The topological polar surface area (TPSA) is 58.6 Å². The van der Waals surface area contributed by atoms with Gasteiger partial charge in [0.05, 0.1) is 17.9 Å². The van der Waals surface area contributed by atoms with Gasteiger partial charge in [-0.1, -0.05) is 55.8 Å². The predicted molar refractivity (Wildman–Crippen MR) is 141 cm³/mol. The summed E-state index contributed by atoms with van der Waals surface area (Å²) in [6.07, 6.45) is 4.57. The van der Waals surface area contributed by atoms with E-state index in [-0.39, 0.29) is 5.91 Å². The van der Waals surface area contributed by atoms with Crippen molar-refractivity contribution >= 4 is 25.9 Å². The molecule has 5 nitrogen and oxygen atoms in total. The maximum Gasteiger partial charge on any atom is 0.259 e. The minimum Gasteiger partial charge on any atom is -0.493 e. The maximum atomic E-state index is 13.5. The molecular formula is C29H31BN2O3. The molecule has 35 heavy (non-hydrogen) atoms. The second-order valence-electron chi connectivity index (χ2n) is 9.01. The van der Waals surface area contributed by atoms with Gasteiger partial charge in [-0.2, -0.15) is 0 Å². The van der Waals surface area contributed by atoms with Crippen molar-refractivity contribution in [2.45, 2.75) is 38.5 Å². The van der Waals surface area contributed by atoms with Crippen molar-refractivity contribution in [2.75, 3.05) is 25.0 Å². The Morgan fingerprint density at radius 1 is 1.06 bits per heavy atom. The van der Waals surface area contributed by atoms with E-state index in [2.05, 4.69) is 18.3 Å². The van der Waals surface area contributed by atoms with Crippen LogP contribution in [0, 0.1) is 0 Å². The molecule has 1 aliphatic heterocycles. The first-order valence-corrected chi connectivity index (χ1v) is 12.3. The summed E-state index contributed by atoms with van der Waals surface area (Å²) < 4.78 is 5.99. The van der Waals surface area contributed by atoms with Crippen LogP contribution in [0.1, 0.15) is 64.8 Å². The van der Waals surface area contributed by atoms with E-state index in [1.54, 1.807) is 6.07 Å². The first kappa shape index (κ1) is 24.7. The largest absolute Gasteiger partial charge is 0.493 e. The number of carbonyl (C=O) groups excluding carboxylic acids is 2. The minimum absolute atomic E-state index is 0.289. The normalized spacial score (nSPS) is 14.4. The van der Waals surface area contributed by atoms with E-state index in [1.165, 1.54) is 0 Å². The molecule has 0 atom stereocenters. The zero-order chi connectivity index (χ0) is 24.6. The monoisotopic (exact) mass is 466 g/mol. The van der Waals surface area contributed by atoms with Crippen LogP contribution in [0.2, 0.25) is 0 Å². The highest BCUT2D eigenvalue weighted by molar-refractivity contribution is 6.08. The SMILES string of the molecule is [B]N1CCC(c2ccc(OCCCC)c(C(=O)Nc3cc(-c4ccccc4)ccc3C=O)c2)CC1. The molecule has 0 bridgehead atoms. The number of benzene rings is 3. The van der Waals surface area contributed by atoms with Crippen molar-refractivity contribution in [1.82, 2.24) is 4.81 Å². The number of ether oxygens (including phenoxy) is 1. The van der Waals surface area contributed by atoms with Gasteiger partial charge in [0.25, 0.3) is 5.91 Å². The fourth-order valence-electron chi connectivity index (χ4n) is 4.43. The van der Waals surface area contributed by atoms with Crippen molar-refractivity contribution in [3.05, 3.63) is 83.4 Å². The molecule has 178 valence electrons. The van der Waals surface area contributed by atoms with E-state index in [0.717, 1.165) is 61.7 Å². The summed E-state index contributed by atoms with van der Waals surface area (Å²) >= 11 is 0. The predicted octanol–water partition coefficient (Wildman–Crippen LogP) is 5.86. The average Bonchev–Trinajstić information content (AvgIpc) is 2.90. The molecule has 0 aromatic heterocycles. The molecule has 1 aliphatic rings. The van der Waals surface area contributed by atoms with Gasteiger partial charge in [0.2, 0.25) is 0 Å². The number of nitrogens with one attached hydrogen (secondary N) is 1. The Bertz CT molecular complexity index is 1160. The van der Waals surface area contributed by atoms with Crippen LogP contribution in [0.5, 0.6) is 5.75 Å². The summed E-state index contributed by atoms with van der Waals surface area (Å²) in [6.45, 7) is 4.31. The number of anilines is 1. The molecule has 1 fully saturated rings. The number of rotatable bonds is 9. The minimum atomic E-state index is -0.289. The molecular weight excluding hydrogens is 435 g/mol. The van der Waals surface area contributed by atoms with Crippen LogP contribution >= 0.6 is 0 Å². The molecule has 0 aliphatic carbocycles. The molecule has 3 aromatic rings. The lowest BCUT2D eigenvalue weighted by atomic mass is 9.87. The molecule has 3 aromatic carbocycles. The zero-order valence-corrected chi connectivity index (χ0v) is 20.2. The van der Waals surface area contributed by atoms with Crippen molar-refractivity contribution in [3.8, 4) is 16.9 Å². The summed E-state index contributed by atoms with van der Waals surface area (Å²) in [6, 6.07) is 21.2. The molecule has 4 rings (SSSR count). The van der Waals surface area contributed by atoms with Crippen molar-refractivity contribution in [1.29, 1.82) is 0 Å². The number of hydrogen-bond donors (Lipinski definition) is 1. The maximum absolute atomic E-state index is 13.5. The van der Waals surface area contributed by atoms with Crippen LogP contribution in [0.25, 0.3) is 11.1 Å². The van der Waals surface area contributed by atoms with Gasteiger partial charge in [-0.15, -0.1) is 0 Å². The summed E-state index contributed by atoms with van der Waals surface area (Å²) in [5.41, 5.74) is 4.44. The van der Waals surface area contributed by atoms with Gasteiger partial charge in [-0.3, -0.25) is 9.59 Å². The van der Waals surface area contributed by atoms with Crippen LogP contribution in [-0.4, -0.2) is 44.7 Å². The van der Waals surface area contributed by atoms with Gasteiger partial charge >= 0.3 is 0 Å². The lowest BCUT2D eigenvalue weighted by molar-refractivity contribution is 0.102. The highest BCUT2D eigenvalue weighted by atomic mass is 16.5. The summed E-state index contributed by atoms with van der Waals surface area (Å²) in [5.74, 6) is 0.615. The molecule has 1 N–H and O–H groups in total. The molecule has 6 heteroatoms. The number of hydrogen-bond acceptors (Lipinski definition) is 4. The zero-order valence-electron chi connectivity index (χ0n) is 20.2. The van der Waals surface area contributed by atoms with Crippen LogP contribution in [-0.2, 0) is 0 Å². The molecule has 1 heterocycles. The Labute approximate surface area is 208 Å². The van der Waals surface area contributed by atoms with Crippen molar-refractivity contribution in [2.24, 2.45) is 0 Å². The smallest absolute Gasteiger partial charge is 0.259 e. The Balaban J connectivity index is 1.64. The number of piperidine rings is 1. The number of nitrogens with zero attached hydrogens (tertiary/aromatic N) is 1. The van der Waals surface area contributed by atoms with Crippen LogP contribution in [0.4, 0.5) is 5.69 Å². The van der Waals surface area contributed by atoms with Crippen LogP contribution < -0.4 is 10.1 Å². The summed E-state index contributed by atoms with van der Waals surface area (Å²) in [5, 5.41) is 2.98. The van der Waals surface area contributed by atoms with Gasteiger partial charge in [-0.25, -0.2) is 0 Å². The van der Waals surface area contributed by atoms with E-state index in [0.29, 0.717) is 35.1 Å². The standard InChI is InChI=1S/C29H31BN2O3/c1-2-3-17-35-28-12-11-23(22-13-15-32(30)16-14-22)18-26(28)29(34)31-27-19-24(9-10-25(27)20-33)21-7-5-4-6-8-21/h4-12,18-20,22H,2-3,13-17H2,1H3,(H,31,34). The quantitative estimate of drug-likeness (QED) is 0.244. The summed E-state index contributed by atoms with van der Waals surface area (Å²) in [4.78, 5) is 27.1. The van der Waals surface area contributed by atoms with E-state index in [9.17, 15) is 9.59 Å². The van der Waals surface area contributed by atoms with Crippen molar-refractivity contribution in [3.63, 3.8) is 0 Å². The van der Waals surface area contributed by atoms with E-state index >= 15 is 0 Å². The third-order valence-electron chi connectivity index (χ3n) is 6.54. The molecule has 1 saturated heterocycles. The third kappa shape index (κ3) is 6.20. The first-order valence-electron chi connectivity index (χ1n) is 12.3. The molecule has 0 saturated carbocycles. The molecule has 1 amide bonds. The Morgan fingerprint density at radius 2 is 1.83 bits per heavy atom. The Hall–Kier alpha value is -3.38. The van der Waals surface area contributed by atoms with E-state index in [4.69, 9.17) is 12.7 Å². The average molecular weight is 466 g/mol. The number of carbonyl (C=O) groups is 2. The fourth-order valence-corrected chi connectivity index (χ4v) is 4.43. The second kappa shape index (κ2) is 11.9. The van der Waals surface area contributed by atoms with Gasteiger partial charge < -0.3 is 14.9 Å². The van der Waals surface area contributed by atoms with Crippen LogP contribution in [0.3, 0.4) is 0 Å². The highest BCUT2D eigenvalue weighted by Gasteiger charge is 2.22. The van der Waals surface area contributed by atoms with Gasteiger partial charge in [0, 0.05) is 5.56 Å². The first-order chi connectivity index (χ1) is 17.1. The van der Waals surface area contributed by atoms with Crippen LogP contribution in [0.15, 0.2) is 66.7 Å².